The molecule has 6 heteroatoms. The molecule has 0 aliphatic carbocycles. The third-order valence-corrected chi connectivity index (χ3v) is 3.71. The Morgan fingerprint density at radius 3 is 3.10 bits per heavy atom. The summed E-state index contributed by atoms with van der Waals surface area (Å²) in [5.41, 5.74) is 2.67. The Kier molecular flexibility index (Phi) is 4.17. The van der Waals surface area contributed by atoms with Gasteiger partial charge in [0.05, 0.1) is 13.2 Å². The number of benzene rings is 1. The van der Waals surface area contributed by atoms with Crippen molar-refractivity contribution in [1.82, 2.24) is 5.32 Å². The molecule has 3 rings (SSSR count). The van der Waals surface area contributed by atoms with Gasteiger partial charge in [-0.3, -0.25) is 9.59 Å². The fourth-order valence-electron chi connectivity index (χ4n) is 2.65. The van der Waals surface area contributed by atoms with E-state index in [1.165, 1.54) is 0 Å². The summed E-state index contributed by atoms with van der Waals surface area (Å²) in [6, 6.07) is 5.66. The highest BCUT2D eigenvalue weighted by Crippen LogP contribution is 2.25. The number of rotatable bonds is 3. The van der Waals surface area contributed by atoms with E-state index in [-0.39, 0.29) is 17.9 Å². The van der Waals surface area contributed by atoms with Crippen LogP contribution in [0.5, 0.6) is 0 Å². The lowest BCUT2D eigenvalue weighted by molar-refractivity contribution is -0.117. The van der Waals surface area contributed by atoms with E-state index in [9.17, 15) is 9.59 Å². The summed E-state index contributed by atoms with van der Waals surface area (Å²) in [6.07, 6.45) is 1.60. The quantitative estimate of drug-likeness (QED) is 0.772. The second kappa shape index (κ2) is 6.24. The molecule has 112 valence electrons. The van der Waals surface area contributed by atoms with Crippen molar-refractivity contribution in [3.8, 4) is 0 Å². The van der Waals surface area contributed by atoms with Crippen molar-refractivity contribution in [3.05, 3.63) is 23.8 Å². The zero-order chi connectivity index (χ0) is 14.7. The van der Waals surface area contributed by atoms with E-state index in [0.717, 1.165) is 23.5 Å². The SMILES string of the molecule is O=C(CC1COCCN1)Nc1ccc2c(c1)CCC(=O)N2. The normalized spacial score (nSPS) is 21.3. The monoisotopic (exact) mass is 289 g/mol. The molecular formula is C15H19N3O3. The Morgan fingerprint density at radius 2 is 2.29 bits per heavy atom. The van der Waals surface area contributed by atoms with E-state index in [1.54, 1.807) is 0 Å². The fourth-order valence-corrected chi connectivity index (χ4v) is 2.65. The van der Waals surface area contributed by atoms with Gasteiger partial charge in [-0.15, -0.1) is 0 Å². The van der Waals surface area contributed by atoms with E-state index < -0.39 is 0 Å². The van der Waals surface area contributed by atoms with Crippen LogP contribution in [0, 0.1) is 0 Å². The van der Waals surface area contributed by atoms with E-state index in [4.69, 9.17) is 4.74 Å². The molecule has 1 atom stereocenters. The van der Waals surface area contributed by atoms with Crippen molar-refractivity contribution in [1.29, 1.82) is 0 Å². The molecule has 0 saturated carbocycles. The van der Waals surface area contributed by atoms with Crippen molar-refractivity contribution in [2.24, 2.45) is 0 Å². The maximum Gasteiger partial charge on any atom is 0.226 e. The Balaban J connectivity index is 1.59. The first-order valence-electron chi connectivity index (χ1n) is 7.24. The van der Waals surface area contributed by atoms with Gasteiger partial charge in [0, 0.05) is 36.8 Å². The lowest BCUT2D eigenvalue weighted by Gasteiger charge is -2.23. The highest BCUT2D eigenvalue weighted by Gasteiger charge is 2.18. The number of nitrogens with one attached hydrogen (secondary N) is 3. The lowest BCUT2D eigenvalue weighted by Crippen LogP contribution is -2.43. The van der Waals surface area contributed by atoms with Crippen LogP contribution in [0.4, 0.5) is 11.4 Å². The van der Waals surface area contributed by atoms with Gasteiger partial charge in [0.15, 0.2) is 0 Å². The first kappa shape index (κ1) is 14.0. The smallest absolute Gasteiger partial charge is 0.226 e. The summed E-state index contributed by atoms with van der Waals surface area (Å²) in [4.78, 5) is 23.3. The molecule has 1 unspecified atom stereocenters. The average Bonchev–Trinajstić information content (AvgIpc) is 2.48. The zero-order valence-corrected chi connectivity index (χ0v) is 11.8. The highest BCUT2D eigenvalue weighted by atomic mass is 16.5. The van der Waals surface area contributed by atoms with Crippen molar-refractivity contribution in [3.63, 3.8) is 0 Å². The number of aryl methyl sites for hydroxylation is 1. The summed E-state index contributed by atoms with van der Waals surface area (Å²) < 4.78 is 5.33. The van der Waals surface area contributed by atoms with Crippen LogP contribution < -0.4 is 16.0 Å². The molecule has 0 spiro atoms. The van der Waals surface area contributed by atoms with Gasteiger partial charge in [0.1, 0.15) is 0 Å². The predicted molar refractivity (Wildman–Crippen MR) is 79.2 cm³/mol. The number of morpholine rings is 1. The Hall–Kier alpha value is -1.92. The molecular weight excluding hydrogens is 270 g/mol. The number of anilines is 2. The van der Waals surface area contributed by atoms with Gasteiger partial charge < -0.3 is 20.7 Å². The number of hydrogen-bond acceptors (Lipinski definition) is 4. The van der Waals surface area contributed by atoms with Crippen LogP contribution in [0.25, 0.3) is 0 Å². The number of carbonyl (C=O) groups is 2. The van der Waals surface area contributed by atoms with Gasteiger partial charge in [-0.1, -0.05) is 0 Å². The molecule has 1 aromatic rings. The first-order chi connectivity index (χ1) is 10.2. The third kappa shape index (κ3) is 3.59. The van der Waals surface area contributed by atoms with Gasteiger partial charge >= 0.3 is 0 Å². The summed E-state index contributed by atoms with van der Waals surface area (Å²) in [6.45, 7) is 2.06. The van der Waals surface area contributed by atoms with Crippen molar-refractivity contribution < 1.29 is 14.3 Å². The topological polar surface area (TPSA) is 79.5 Å². The van der Waals surface area contributed by atoms with Crippen LogP contribution >= 0.6 is 0 Å². The second-order valence-electron chi connectivity index (χ2n) is 5.40. The molecule has 6 nitrogen and oxygen atoms in total. The van der Waals surface area contributed by atoms with Crippen LogP contribution in [0.15, 0.2) is 18.2 Å². The van der Waals surface area contributed by atoms with E-state index in [1.807, 2.05) is 18.2 Å². The Morgan fingerprint density at radius 1 is 1.38 bits per heavy atom. The van der Waals surface area contributed by atoms with Crippen LogP contribution in [0.3, 0.4) is 0 Å². The fraction of sp³-hybridized carbons (Fsp3) is 0.467. The van der Waals surface area contributed by atoms with Gasteiger partial charge in [-0.05, 0) is 30.2 Å². The lowest BCUT2D eigenvalue weighted by atomic mass is 10.0. The van der Waals surface area contributed by atoms with E-state index in [0.29, 0.717) is 32.5 Å². The number of amides is 2. The minimum Gasteiger partial charge on any atom is -0.378 e. The molecule has 3 N–H and O–H groups in total. The van der Waals surface area contributed by atoms with Crippen LogP contribution in [0.2, 0.25) is 0 Å². The Labute approximate surface area is 123 Å². The van der Waals surface area contributed by atoms with E-state index in [2.05, 4.69) is 16.0 Å². The first-order valence-corrected chi connectivity index (χ1v) is 7.24. The van der Waals surface area contributed by atoms with Crippen molar-refractivity contribution >= 4 is 23.2 Å². The molecule has 2 aliphatic rings. The molecule has 0 aromatic heterocycles. The Bertz CT molecular complexity index is 553. The number of fused-ring (bicyclic) bond motifs is 1. The molecule has 1 saturated heterocycles. The molecule has 0 radical (unpaired) electrons. The van der Waals surface area contributed by atoms with Gasteiger partial charge in [0.25, 0.3) is 0 Å². The summed E-state index contributed by atoms with van der Waals surface area (Å²) in [5, 5.41) is 8.99. The van der Waals surface area contributed by atoms with E-state index >= 15 is 0 Å². The standard InChI is InChI=1S/C15H19N3O3/c19-14-4-1-10-7-11(2-3-13(10)18-14)17-15(20)8-12-9-21-6-5-16-12/h2-3,7,12,16H,1,4-6,8-9H2,(H,17,20)(H,18,19). The highest BCUT2D eigenvalue weighted by molar-refractivity contribution is 5.95. The van der Waals surface area contributed by atoms with Gasteiger partial charge in [0.2, 0.25) is 11.8 Å². The average molecular weight is 289 g/mol. The van der Waals surface area contributed by atoms with Crippen LogP contribution in [-0.2, 0) is 20.7 Å². The molecule has 1 fully saturated rings. The zero-order valence-electron chi connectivity index (χ0n) is 11.8. The minimum atomic E-state index is -0.0298. The molecule has 2 heterocycles. The molecule has 2 amide bonds. The number of ether oxygens (including phenoxy) is 1. The predicted octanol–water partition coefficient (Wildman–Crippen LogP) is 0.888. The number of carbonyl (C=O) groups excluding carboxylic acids is 2. The van der Waals surface area contributed by atoms with Crippen LogP contribution in [-0.4, -0.2) is 37.6 Å². The molecule has 0 bridgehead atoms. The summed E-state index contributed by atoms with van der Waals surface area (Å²) in [7, 11) is 0. The van der Waals surface area contributed by atoms with Gasteiger partial charge in [-0.25, -0.2) is 0 Å². The van der Waals surface area contributed by atoms with Crippen molar-refractivity contribution in [2.75, 3.05) is 30.4 Å². The molecule has 1 aromatic carbocycles. The van der Waals surface area contributed by atoms with Crippen LogP contribution in [0.1, 0.15) is 18.4 Å². The minimum absolute atomic E-state index is 0.0298. The maximum atomic E-state index is 12.0. The molecule has 2 aliphatic heterocycles. The molecule has 21 heavy (non-hydrogen) atoms. The second-order valence-corrected chi connectivity index (χ2v) is 5.40. The van der Waals surface area contributed by atoms with Crippen molar-refractivity contribution in [2.45, 2.75) is 25.3 Å². The largest absolute Gasteiger partial charge is 0.378 e. The third-order valence-electron chi connectivity index (χ3n) is 3.71. The summed E-state index contributed by atoms with van der Waals surface area (Å²) in [5.74, 6) is 0.0143. The summed E-state index contributed by atoms with van der Waals surface area (Å²) >= 11 is 0. The van der Waals surface area contributed by atoms with Gasteiger partial charge in [-0.2, -0.15) is 0 Å². The number of hydrogen-bond donors (Lipinski definition) is 3. The maximum absolute atomic E-state index is 12.0.